The number of anilines is 1. The lowest BCUT2D eigenvalue weighted by molar-refractivity contribution is -0.135. The van der Waals surface area contributed by atoms with Crippen LogP contribution in [0.5, 0.6) is 0 Å². The number of halogens is 1. The van der Waals surface area contributed by atoms with Crippen LogP contribution in [0.4, 0.5) is 10.2 Å². The van der Waals surface area contributed by atoms with Crippen molar-refractivity contribution in [2.45, 2.75) is 39.0 Å². The molecular weight excluding hydrogens is 367 g/mol. The van der Waals surface area contributed by atoms with E-state index in [1.165, 1.54) is 30.9 Å². The topological polar surface area (TPSA) is 53.4 Å². The van der Waals surface area contributed by atoms with Crippen LogP contribution in [-0.4, -0.2) is 29.7 Å². The highest BCUT2D eigenvalue weighted by Crippen LogP contribution is 2.33. The normalized spacial score (nSPS) is 11.0. The summed E-state index contributed by atoms with van der Waals surface area (Å²) in [4.78, 5) is 17.3. The van der Waals surface area contributed by atoms with Gasteiger partial charge in [-0.15, -0.1) is 0 Å². The first-order chi connectivity index (χ1) is 14.0. The van der Waals surface area contributed by atoms with Gasteiger partial charge in [-0.25, -0.2) is 9.37 Å². The Morgan fingerprint density at radius 3 is 2.59 bits per heavy atom. The number of hydrogen-bond acceptors (Lipinski definition) is 3. The fourth-order valence-electron chi connectivity index (χ4n) is 3.55. The number of aryl methyl sites for hydroxylation is 1. The lowest BCUT2D eigenvalue weighted by Gasteiger charge is -2.19. The molecule has 29 heavy (non-hydrogen) atoms. The number of carboxylic acid groups (broad SMARTS) is 1. The van der Waals surface area contributed by atoms with E-state index >= 15 is 0 Å². The van der Waals surface area contributed by atoms with Gasteiger partial charge in [0.25, 0.3) is 0 Å². The number of benzene rings is 2. The number of likely N-dealkylation sites (N-methyl/N-ethyl adjacent to an activating group) is 1. The van der Waals surface area contributed by atoms with Crippen LogP contribution in [0, 0.1) is 5.82 Å². The van der Waals surface area contributed by atoms with Gasteiger partial charge < -0.3 is 10.0 Å². The van der Waals surface area contributed by atoms with E-state index in [1.807, 2.05) is 6.07 Å². The van der Waals surface area contributed by atoms with E-state index < -0.39 is 5.97 Å². The van der Waals surface area contributed by atoms with Gasteiger partial charge in [0.05, 0.1) is 5.52 Å². The Morgan fingerprint density at radius 1 is 1.07 bits per heavy atom. The number of aromatic nitrogens is 1. The summed E-state index contributed by atoms with van der Waals surface area (Å²) in [7, 11) is 1.68. The van der Waals surface area contributed by atoms with Crippen LogP contribution in [0.2, 0.25) is 0 Å². The van der Waals surface area contributed by atoms with E-state index in [1.54, 1.807) is 36.2 Å². The van der Waals surface area contributed by atoms with E-state index in [0.717, 1.165) is 29.3 Å². The SMILES string of the molecule is CCCCCCc1ccc2nc(N(C)CC(=O)O)cc(-c3ccccc3F)c2c1. The summed E-state index contributed by atoms with van der Waals surface area (Å²) in [6, 6.07) is 14.6. The predicted octanol–water partition coefficient (Wildman–Crippen LogP) is 5.68. The molecule has 1 N–H and O–H groups in total. The molecule has 1 aromatic heterocycles. The van der Waals surface area contributed by atoms with Crippen molar-refractivity contribution in [1.82, 2.24) is 4.98 Å². The van der Waals surface area contributed by atoms with Crippen LogP contribution in [0.3, 0.4) is 0 Å². The number of pyridine rings is 1. The molecule has 0 amide bonds. The van der Waals surface area contributed by atoms with Crippen molar-refractivity contribution in [3.05, 3.63) is 59.9 Å². The molecule has 0 aliphatic heterocycles. The molecule has 0 aliphatic rings. The predicted molar refractivity (Wildman–Crippen MR) is 116 cm³/mol. The third-order valence-electron chi connectivity index (χ3n) is 5.11. The Morgan fingerprint density at radius 2 is 1.86 bits per heavy atom. The molecule has 3 rings (SSSR count). The highest BCUT2D eigenvalue weighted by atomic mass is 19.1. The summed E-state index contributed by atoms with van der Waals surface area (Å²) in [6.45, 7) is 2.02. The van der Waals surface area contributed by atoms with Crippen LogP contribution in [0.1, 0.15) is 38.2 Å². The number of fused-ring (bicyclic) bond motifs is 1. The Labute approximate surface area is 171 Å². The second-order valence-corrected chi connectivity index (χ2v) is 7.42. The van der Waals surface area contributed by atoms with Gasteiger partial charge in [-0.1, -0.05) is 50.5 Å². The monoisotopic (exact) mass is 394 g/mol. The van der Waals surface area contributed by atoms with Gasteiger partial charge in [0.2, 0.25) is 0 Å². The Kier molecular flexibility index (Phi) is 6.81. The van der Waals surface area contributed by atoms with Crippen molar-refractivity contribution < 1.29 is 14.3 Å². The molecule has 5 heteroatoms. The summed E-state index contributed by atoms with van der Waals surface area (Å²) in [5, 5.41) is 10.0. The lowest BCUT2D eigenvalue weighted by atomic mass is 9.97. The van der Waals surface area contributed by atoms with Crippen molar-refractivity contribution in [1.29, 1.82) is 0 Å². The van der Waals surface area contributed by atoms with E-state index in [9.17, 15) is 9.18 Å². The van der Waals surface area contributed by atoms with Crippen LogP contribution >= 0.6 is 0 Å². The average Bonchev–Trinajstić information content (AvgIpc) is 2.70. The molecule has 0 aliphatic carbocycles. The van der Waals surface area contributed by atoms with Crippen molar-refractivity contribution in [3.63, 3.8) is 0 Å². The molecule has 0 saturated heterocycles. The van der Waals surface area contributed by atoms with E-state index in [2.05, 4.69) is 24.0 Å². The summed E-state index contributed by atoms with van der Waals surface area (Å²) >= 11 is 0. The quantitative estimate of drug-likeness (QED) is 0.474. The van der Waals surface area contributed by atoms with E-state index in [0.29, 0.717) is 11.4 Å². The van der Waals surface area contributed by atoms with E-state index in [-0.39, 0.29) is 12.4 Å². The summed E-state index contributed by atoms with van der Waals surface area (Å²) in [5.41, 5.74) is 3.17. The third kappa shape index (κ3) is 5.11. The van der Waals surface area contributed by atoms with Crippen molar-refractivity contribution in [2.75, 3.05) is 18.5 Å². The van der Waals surface area contributed by atoms with E-state index in [4.69, 9.17) is 5.11 Å². The number of unbranched alkanes of at least 4 members (excludes halogenated alkanes) is 3. The fraction of sp³-hybridized carbons (Fsp3) is 0.333. The van der Waals surface area contributed by atoms with Gasteiger partial charge in [-0.05, 0) is 48.2 Å². The number of carboxylic acids is 1. The largest absolute Gasteiger partial charge is 0.480 e. The molecule has 0 unspecified atom stereocenters. The minimum absolute atomic E-state index is 0.176. The molecule has 0 spiro atoms. The maximum atomic E-state index is 14.6. The summed E-state index contributed by atoms with van der Waals surface area (Å²) < 4.78 is 14.6. The number of hydrogen-bond donors (Lipinski definition) is 1. The first-order valence-corrected chi connectivity index (χ1v) is 10.1. The lowest BCUT2D eigenvalue weighted by Crippen LogP contribution is -2.26. The summed E-state index contributed by atoms with van der Waals surface area (Å²) in [6.07, 6.45) is 5.74. The zero-order valence-electron chi connectivity index (χ0n) is 17.0. The fourth-order valence-corrected chi connectivity index (χ4v) is 3.55. The third-order valence-corrected chi connectivity index (χ3v) is 5.11. The number of aliphatic carboxylic acids is 1. The standard InChI is InChI=1S/C24H27FN2O2/c1-3-4-5-6-9-17-12-13-22-20(14-17)19(18-10-7-8-11-21(18)25)15-23(26-22)27(2)16-24(28)29/h7-8,10-15H,3-6,9,16H2,1-2H3,(H,28,29). The first kappa shape index (κ1) is 20.8. The molecular formula is C24H27FN2O2. The minimum Gasteiger partial charge on any atom is -0.480 e. The highest BCUT2D eigenvalue weighted by Gasteiger charge is 2.15. The van der Waals surface area contributed by atoms with Crippen molar-refractivity contribution >= 4 is 22.7 Å². The number of nitrogens with zero attached hydrogens (tertiary/aromatic N) is 2. The second-order valence-electron chi connectivity index (χ2n) is 7.42. The van der Waals surface area contributed by atoms with Gasteiger partial charge in [0.15, 0.2) is 0 Å². The minimum atomic E-state index is -0.940. The van der Waals surface area contributed by atoms with Gasteiger partial charge in [-0.2, -0.15) is 0 Å². The van der Waals surface area contributed by atoms with Gasteiger partial charge in [0.1, 0.15) is 18.2 Å². The highest BCUT2D eigenvalue weighted by molar-refractivity contribution is 5.97. The van der Waals surface area contributed by atoms with Crippen molar-refractivity contribution in [2.24, 2.45) is 0 Å². The van der Waals surface area contributed by atoms with Gasteiger partial charge in [-0.3, -0.25) is 4.79 Å². The number of carbonyl (C=O) groups is 1. The maximum absolute atomic E-state index is 14.6. The molecule has 2 aromatic carbocycles. The van der Waals surface area contributed by atoms with Gasteiger partial charge in [0, 0.05) is 18.0 Å². The molecule has 3 aromatic rings. The second kappa shape index (κ2) is 9.50. The molecule has 0 saturated carbocycles. The zero-order chi connectivity index (χ0) is 20.8. The maximum Gasteiger partial charge on any atom is 0.323 e. The van der Waals surface area contributed by atoms with Gasteiger partial charge >= 0.3 is 5.97 Å². The average molecular weight is 394 g/mol. The molecule has 0 fully saturated rings. The van der Waals surface area contributed by atoms with Crippen LogP contribution < -0.4 is 4.90 Å². The Bertz CT molecular complexity index is 1000. The van der Waals surface area contributed by atoms with Crippen LogP contribution in [0.15, 0.2) is 48.5 Å². The zero-order valence-corrected chi connectivity index (χ0v) is 17.0. The van der Waals surface area contributed by atoms with Crippen LogP contribution in [-0.2, 0) is 11.2 Å². The molecule has 1 heterocycles. The molecule has 0 atom stereocenters. The van der Waals surface area contributed by atoms with Crippen LogP contribution in [0.25, 0.3) is 22.0 Å². The van der Waals surface area contributed by atoms with Crippen molar-refractivity contribution in [3.8, 4) is 11.1 Å². The molecule has 4 nitrogen and oxygen atoms in total. The smallest absolute Gasteiger partial charge is 0.323 e. The molecule has 152 valence electrons. The number of rotatable bonds is 9. The Hall–Kier alpha value is -2.95. The first-order valence-electron chi connectivity index (χ1n) is 10.1. The summed E-state index contributed by atoms with van der Waals surface area (Å²) in [5.74, 6) is -0.738. The molecule has 0 radical (unpaired) electrons. The molecule has 0 bridgehead atoms. The Balaban J connectivity index is 2.08.